The van der Waals surface area contributed by atoms with E-state index in [1.807, 2.05) is 43.1 Å². The van der Waals surface area contributed by atoms with Gasteiger partial charge in [0.2, 0.25) is 5.91 Å². The van der Waals surface area contributed by atoms with Crippen LogP contribution in [0.2, 0.25) is 0 Å². The Morgan fingerprint density at radius 3 is 2.72 bits per heavy atom. The van der Waals surface area contributed by atoms with Crippen LogP contribution in [0, 0.1) is 12.8 Å². The molecule has 2 heterocycles. The van der Waals surface area contributed by atoms with E-state index in [1.54, 1.807) is 11.8 Å². The maximum Gasteiger partial charge on any atom is 0.247 e. The Hall–Kier alpha value is -2.19. The van der Waals surface area contributed by atoms with E-state index < -0.39 is 6.04 Å². The lowest BCUT2D eigenvalue weighted by atomic mass is 9.93. The van der Waals surface area contributed by atoms with Crippen LogP contribution in [0.5, 0.6) is 5.75 Å². The van der Waals surface area contributed by atoms with E-state index in [-0.39, 0.29) is 18.3 Å². The summed E-state index contributed by atoms with van der Waals surface area (Å²) in [7, 11) is 3.63. The molecule has 0 saturated carbocycles. The molecule has 1 N–H and O–H groups in total. The number of piperidine rings is 1. The van der Waals surface area contributed by atoms with Gasteiger partial charge in [-0.25, -0.2) is 4.68 Å². The number of halogens is 1. The highest BCUT2D eigenvalue weighted by atomic mass is 35.5. The fourth-order valence-electron chi connectivity index (χ4n) is 3.83. The molecule has 1 unspecified atom stereocenters. The highest BCUT2D eigenvalue weighted by molar-refractivity contribution is 5.85. The third-order valence-corrected chi connectivity index (χ3v) is 5.53. The molecule has 1 aromatic carbocycles. The van der Waals surface area contributed by atoms with Gasteiger partial charge < -0.3 is 15.0 Å². The van der Waals surface area contributed by atoms with E-state index in [1.165, 1.54) is 0 Å². The predicted octanol–water partition coefficient (Wildman–Crippen LogP) is 2.04. The van der Waals surface area contributed by atoms with Gasteiger partial charge >= 0.3 is 0 Å². The number of aryl methyl sites for hydroxylation is 1. The summed E-state index contributed by atoms with van der Waals surface area (Å²) in [4.78, 5) is 15.4. The SMILES string of the molecule is CNCCC1CCN(C(=O)C(Cc2cccc(OC)c2)n2nnnc2C)CC1.Cl. The van der Waals surface area contributed by atoms with Gasteiger partial charge in [-0.05, 0) is 73.8 Å². The number of ether oxygens (including phenoxy) is 1. The Balaban J connectivity index is 0.00000300. The van der Waals surface area contributed by atoms with Crippen molar-refractivity contribution in [1.82, 2.24) is 30.4 Å². The van der Waals surface area contributed by atoms with Crippen molar-refractivity contribution in [3.05, 3.63) is 35.7 Å². The van der Waals surface area contributed by atoms with Gasteiger partial charge in [-0.3, -0.25) is 4.79 Å². The average Bonchev–Trinajstić information content (AvgIpc) is 3.16. The highest BCUT2D eigenvalue weighted by Gasteiger charge is 2.31. The molecule has 29 heavy (non-hydrogen) atoms. The molecule has 160 valence electrons. The number of carbonyl (C=O) groups excluding carboxylic acids is 1. The van der Waals surface area contributed by atoms with Crippen molar-refractivity contribution in [1.29, 1.82) is 0 Å². The Kier molecular flexibility index (Phi) is 8.85. The molecule has 2 aromatic rings. The van der Waals surface area contributed by atoms with Crippen molar-refractivity contribution in [2.45, 2.75) is 38.6 Å². The molecule has 1 aliphatic heterocycles. The van der Waals surface area contributed by atoms with Gasteiger partial charge in [-0.2, -0.15) is 0 Å². The van der Waals surface area contributed by atoms with Gasteiger partial charge in [0.15, 0.2) is 0 Å². The molecule has 0 aliphatic carbocycles. The lowest BCUT2D eigenvalue weighted by Gasteiger charge is -2.34. The number of carbonyl (C=O) groups is 1. The fraction of sp³-hybridized carbons (Fsp3) is 0.600. The maximum atomic E-state index is 13.4. The van der Waals surface area contributed by atoms with Crippen LogP contribution >= 0.6 is 12.4 Å². The maximum absolute atomic E-state index is 13.4. The number of nitrogens with zero attached hydrogens (tertiary/aromatic N) is 5. The Bertz CT molecular complexity index is 776. The van der Waals surface area contributed by atoms with Crippen LogP contribution in [0.3, 0.4) is 0 Å². The van der Waals surface area contributed by atoms with Crippen LogP contribution in [0.25, 0.3) is 0 Å². The van der Waals surface area contributed by atoms with Crippen LogP contribution in [0.15, 0.2) is 24.3 Å². The lowest BCUT2D eigenvalue weighted by Crippen LogP contribution is -2.43. The quantitative estimate of drug-likeness (QED) is 0.700. The standard InChI is InChI=1S/C20H30N6O2.ClH/c1-15-22-23-24-26(15)19(14-17-5-4-6-18(13-17)28-3)20(27)25-11-8-16(9-12-25)7-10-21-2;/h4-6,13,16,19,21H,7-12,14H2,1-3H3;1H. The molecule has 1 fully saturated rings. The molecule has 1 aromatic heterocycles. The Morgan fingerprint density at radius 2 is 2.10 bits per heavy atom. The normalized spacial score (nSPS) is 15.6. The van der Waals surface area contributed by atoms with Crippen LogP contribution in [-0.4, -0.2) is 64.8 Å². The summed E-state index contributed by atoms with van der Waals surface area (Å²) in [5.74, 6) is 2.20. The molecule has 8 nitrogen and oxygen atoms in total. The highest BCUT2D eigenvalue weighted by Crippen LogP contribution is 2.25. The van der Waals surface area contributed by atoms with Crippen molar-refractivity contribution >= 4 is 18.3 Å². The number of hydrogen-bond acceptors (Lipinski definition) is 6. The number of aromatic nitrogens is 4. The summed E-state index contributed by atoms with van der Waals surface area (Å²) in [5, 5.41) is 15.0. The van der Waals surface area contributed by atoms with Crippen molar-refractivity contribution < 1.29 is 9.53 Å². The number of nitrogens with one attached hydrogen (secondary N) is 1. The van der Waals surface area contributed by atoms with E-state index in [4.69, 9.17) is 4.74 Å². The summed E-state index contributed by atoms with van der Waals surface area (Å²) in [6, 6.07) is 7.36. The van der Waals surface area contributed by atoms with Gasteiger partial charge in [0.05, 0.1) is 7.11 Å². The first-order valence-corrected chi connectivity index (χ1v) is 9.93. The topological polar surface area (TPSA) is 85.2 Å². The van der Waals surface area contributed by atoms with Crippen LogP contribution in [0.4, 0.5) is 0 Å². The lowest BCUT2D eigenvalue weighted by molar-refractivity contribution is -0.136. The molecule has 1 aliphatic rings. The molecule has 0 bridgehead atoms. The third kappa shape index (κ3) is 5.90. The first-order valence-electron chi connectivity index (χ1n) is 9.93. The third-order valence-electron chi connectivity index (χ3n) is 5.53. The second-order valence-corrected chi connectivity index (χ2v) is 7.40. The minimum atomic E-state index is -0.448. The van der Waals surface area contributed by atoms with E-state index >= 15 is 0 Å². The van der Waals surface area contributed by atoms with E-state index in [0.29, 0.717) is 18.2 Å². The molecular formula is C20H31ClN6O2. The minimum absolute atomic E-state index is 0. The number of amides is 1. The summed E-state index contributed by atoms with van der Waals surface area (Å²) >= 11 is 0. The van der Waals surface area contributed by atoms with Gasteiger partial charge in [-0.15, -0.1) is 17.5 Å². The number of rotatable bonds is 8. The molecule has 0 spiro atoms. The molecule has 1 amide bonds. The fourth-order valence-corrected chi connectivity index (χ4v) is 3.83. The van der Waals surface area contributed by atoms with E-state index in [9.17, 15) is 4.79 Å². The minimum Gasteiger partial charge on any atom is -0.497 e. The van der Waals surface area contributed by atoms with Crippen LogP contribution < -0.4 is 10.1 Å². The zero-order valence-corrected chi connectivity index (χ0v) is 18.2. The van der Waals surface area contributed by atoms with Crippen molar-refractivity contribution in [3.8, 4) is 5.75 Å². The first kappa shape index (κ1) is 23.1. The molecular weight excluding hydrogens is 392 g/mol. The summed E-state index contributed by atoms with van der Waals surface area (Å²) in [5.41, 5.74) is 1.02. The first-order chi connectivity index (χ1) is 13.6. The number of tetrazole rings is 1. The largest absolute Gasteiger partial charge is 0.497 e. The van der Waals surface area contributed by atoms with Crippen LogP contribution in [0.1, 0.15) is 36.7 Å². The smallest absolute Gasteiger partial charge is 0.247 e. The molecule has 1 atom stereocenters. The zero-order chi connectivity index (χ0) is 19.9. The molecule has 3 rings (SSSR count). The van der Waals surface area contributed by atoms with Gasteiger partial charge in [0, 0.05) is 19.5 Å². The monoisotopic (exact) mass is 422 g/mol. The van der Waals surface area contributed by atoms with Crippen LogP contribution in [-0.2, 0) is 11.2 Å². The van der Waals surface area contributed by atoms with E-state index in [2.05, 4.69) is 20.8 Å². The van der Waals surface area contributed by atoms with Gasteiger partial charge in [-0.1, -0.05) is 12.1 Å². The second kappa shape index (κ2) is 11.1. The van der Waals surface area contributed by atoms with E-state index in [0.717, 1.165) is 50.2 Å². The van der Waals surface area contributed by atoms with Gasteiger partial charge in [0.1, 0.15) is 17.6 Å². The van der Waals surface area contributed by atoms with Crippen molar-refractivity contribution in [3.63, 3.8) is 0 Å². The Labute approximate surface area is 178 Å². The number of likely N-dealkylation sites (tertiary alicyclic amines) is 1. The Morgan fingerprint density at radius 1 is 1.34 bits per heavy atom. The summed E-state index contributed by atoms with van der Waals surface area (Å²) in [6.45, 7) is 4.45. The van der Waals surface area contributed by atoms with Gasteiger partial charge in [0.25, 0.3) is 0 Å². The number of methoxy groups -OCH3 is 1. The number of hydrogen-bond donors (Lipinski definition) is 1. The molecule has 0 radical (unpaired) electrons. The van der Waals surface area contributed by atoms with Crippen molar-refractivity contribution in [2.75, 3.05) is 33.8 Å². The molecule has 9 heteroatoms. The van der Waals surface area contributed by atoms with Crippen molar-refractivity contribution in [2.24, 2.45) is 5.92 Å². The zero-order valence-electron chi connectivity index (χ0n) is 17.4. The molecule has 1 saturated heterocycles. The predicted molar refractivity (Wildman–Crippen MR) is 113 cm³/mol. The summed E-state index contributed by atoms with van der Waals surface area (Å²) in [6.07, 6.45) is 3.79. The average molecular weight is 423 g/mol. The number of benzene rings is 1. The summed E-state index contributed by atoms with van der Waals surface area (Å²) < 4.78 is 6.97. The second-order valence-electron chi connectivity index (χ2n) is 7.40.